The minimum absolute atomic E-state index is 0.118. The number of para-hydroxylation sites is 3. The summed E-state index contributed by atoms with van der Waals surface area (Å²) in [6.45, 7) is 3.92. The molecule has 1 aliphatic heterocycles. The van der Waals surface area contributed by atoms with Gasteiger partial charge in [0, 0.05) is 18.8 Å². The fourth-order valence-corrected chi connectivity index (χ4v) is 6.70. The maximum atomic E-state index is 6.66. The number of benzene rings is 3. The van der Waals surface area contributed by atoms with Gasteiger partial charge in [0.05, 0.1) is 66.6 Å². The maximum Gasteiger partial charge on any atom is 0.126 e. The summed E-state index contributed by atoms with van der Waals surface area (Å²) in [5, 5.41) is 0. The second kappa shape index (κ2) is 15.6. The zero-order valence-corrected chi connectivity index (χ0v) is 26.4. The van der Waals surface area contributed by atoms with E-state index in [0.29, 0.717) is 65.7 Å². The number of rotatable bonds is 2. The number of hydrogen-bond donors (Lipinski definition) is 0. The van der Waals surface area contributed by atoms with Gasteiger partial charge in [-0.3, -0.25) is 0 Å². The molecule has 0 N–H and O–H groups in total. The Morgan fingerprint density at radius 2 is 1.09 bits per heavy atom. The van der Waals surface area contributed by atoms with Gasteiger partial charge in [0.15, 0.2) is 0 Å². The summed E-state index contributed by atoms with van der Waals surface area (Å²) in [4.78, 5) is 0. The minimum Gasteiger partial charge on any atom is -0.496 e. The third kappa shape index (κ3) is 7.61. The highest BCUT2D eigenvalue weighted by molar-refractivity contribution is 5.53. The van der Waals surface area contributed by atoms with Crippen LogP contribution in [0.3, 0.4) is 0 Å². The molecule has 1 heterocycles. The number of fused-ring (bicyclic) bond motifs is 2. The summed E-state index contributed by atoms with van der Waals surface area (Å²) >= 11 is 0. The van der Waals surface area contributed by atoms with Gasteiger partial charge in [0.25, 0.3) is 0 Å². The molecule has 0 spiro atoms. The van der Waals surface area contributed by atoms with Crippen LogP contribution < -0.4 is 14.2 Å². The van der Waals surface area contributed by atoms with Gasteiger partial charge < -0.3 is 33.2 Å². The molecule has 2 aliphatic carbocycles. The van der Waals surface area contributed by atoms with Gasteiger partial charge in [-0.05, 0) is 51.8 Å². The Kier molecular flexibility index (Phi) is 10.9. The van der Waals surface area contributed by atoms with Crippen LogP contribution in [0.15, 0.2) is 78.4 Å². The predicted molar refractivity (Wildman–Crippen MR) is 174 cm³/mol. The molecule has 0 saturated carbocycles. The first kappa shape index (κ1) is 31.4. The molecule has 10 bridgehead atoms. The Labute approximate surface area is 266 Å². The lowest BCUT2D eigenvalue weighted by Crippen LogP contribution is -2.31. The first-order chi connectivity index (χ1) is 22.2. The van der Waals surface area contributed by atoms with Crippen LogP contribution in [0.25, 0.3) is 0 Å². The normalized spacial score (nSPS) is 21.2. The monoisotopic (exact) mass is 612 g/mol. The van der Waals surface area contributed by atoms with Crippen molar-refractivity contribution in [3.8, 4) is 17.2 Å². The molecule has 7 heteroatoms. The van der Waals surface area contributed by atoms with Crippen LogP contribution in [0.2, 0.25) is 0 Å². The molecule has 0 radical (unpaired) electrons. The lowest BCUT2D eigenvalue weighted by atomic mass is 9.82. The Balaban J connectivity index is 1.48. The zero-order chi connectivity index (χ0) is 30.8. The highest BCUT2D eigenvalue weighted by atomic mass is 16.6. The fourth-order valence-electron chi connectivity index (χ4n) is 6.70. The van der Waals surface area contributed by atoms with Crippen molar-refractivity contribution in [3.63, 3.8) is 0 Å². The minimum atomic E-state index is -0.118. The molecule has 7 nitrogen and oxygen atoms in total. The van der Waals surface area contributed by atoms with Crippen LogP contribution in [-0.4, -0.2) is 73.2 Å². The van der Waals surface area contributed by atoms with Crippen LogP contribution >= 0.6 is 0 Å². The molecular formula is C38H44O7. The Hall–Kier alpha value is -3.62. The van der Waals surface area contributed by atoms with Gasteiger partial charge in [0.2, 0.25) is 0 Å². The second-order valence-electron chi connectivity index (χ2n) is 11.6. The van der Waals surface area contributed by atoms with Crippen LogP contribution in [0.1, 0.15) is 33.4 Å². The SMILES string of the molecule is COc1c2cccc1Cc1cccc3c1OCCOCCOCCOCCOC1C(=CC=C[C@H]1Cc1cccc(c1OC)C3)C2. The third-order valence-electron chi connectivity index (χ3n) is 8.72. The summed E-state index contributed by atoms with van der Waals surface area (Å²) in [6.07, 6.45) is 9.37. The highest BCUT2D eigenvalue weighted by Crippen LogP contribution is 2.38. The Morgan fingerprint density at radius 3 is 1.71 bits per heavy atom. The molecule has 0 fully saturated rings. The summed E-state index contributed by atoms with van der Waals surface area (Å²) in [5.74, 6) is 2.84. The summed E-state index contributed by atoms with van der Waals surface area (Å²) < 4.78 is 42.8. The van der Waals surface area contributed by atoms with Crippen molar-refractivity contribution in [3.05, 3.63) is 112 Å². The standard InChI is InChI=1S/C38H44O7/c1-39-35-27-7-3-8-28(35)24-32-12-6-14-34-26-30-10-4-9-29(36(30)40-2)25-33-13-5-11-31(23-27)37(33)44-21-19-42-17-15-41-16-18-43-20-22-45-38(32)34/h3-14,31,37H,15-26H2,1-2H3/t31-,37?/m0/s1. The Morgan fingerprint density at radius 1 is 0.578 bits per heavy atom. The van der Waals surface area contributed by atoms with E-state index in [1.807, 2.05) is 0 Å². The average molecular weight is 613 g/mol. The largest absolute Gasteiger partial charge is 0.496 e. The average Bonchev–Trinajstić information content (AvgIpc) is 3.04. The molecular weight excluding hydrogens is 568 g/mol. The van der Waals surface area contributed by atoms with Crippen molar-refractivity contribution in [2.75, 3.05) is 67.1 Å². The van der Waals surface area contributed by atoms with Crippen molar-refractivity contribution in [2.24, 2.45) is 5.92 Å². The van der Waals surface area contributed by atoms with Crippen LogP contribution in [-0.2, 0) is 44.6 Å². The molecule has 0 saturated heterocycles. The van der Waals surface area contributed by atoms with Gasteiger partial charge in [-0.15, -0.1) is 0 Å². The molecule has 0 amide bonds. The first-order valence-electron chi connectivity index (χ1n) is 16.0. The molecule has 3 aliphatic rings. The molecule has 45 heavy (non-hydrogen) atoms. The zero-order valence-electron chi connectivity index (χ0n) is 26.4. The van der Waals surface area contributed by atoms with Gasteiger partial charge in [-0.2, -0.15) is 0 Å². The van der Waals surface area contributed by atoms with Crippen molar-refractivity contribution in [1.29, 1.82) is 0 Å². The number of allylic oxidation sites excluding steroid dienone is 2. The van der Waals surface area contributed by atoms with Gasteiger partial charge in [-0.25, -0.2) is 0 Å². The second-order valence-corrected chi connectivity index (χ2v) is 11.6. The molecule has 1 unspecified atom stereocenters. The lowest BCUT2D eigenvalue weighted by molar-refractivity contribution is -0.0210. The third-order valence-corrected chi connectivity index (χ3v) is 8.72. The molecule has 6 rings (SSSR count). The summed E-state index contributed by atoms with van der Waals surface area (Å²) in [5.41, 5.74) is 7.98. The van der Waals surface area contributed by atoms with E-state index < -0.39 is 0 Å². The van der Waals surface area contributed by atoms with Crippen LogP contribution in [0.4, 0.5) is 0 Å². The summed E-state index contributed by atoms with van der Waals surface area (Å²) in [7, 11) is 3.54. The van der Waals surface area contributed by atoms with Crippen molar-refractivity contribution in [1.82, 2.24) is 0 Å². The van der Waals surface area contributed by atoms with E-state index in [0.717, 1.165) is 63.5 Å². The molecule has 2 atom stereocenters. The first-order valence-corrected chi connectivity index (χ1v) is 16.0. The highest BCUT2D eigenvalue weighted by Gasteiger charge is 2.29. The summed E-state index contributed by atoms with van der Waals surface area (Å²) in [6, 6.07) is 19.3. The maximum absolute atomic E-state index is 6.66. The van der Waals surface area contributed by atoms with E-state index in [-0.39, 0.29) is 12.0 Å². The van der Waals surface area contributed by atoms with E-state index in [9.17, 15) is 0 Å². The van der Waals surface area contributed by atoms with E-state index in [1.54, 1.807) is 14.2 Å². The van der Waals surface area contributed by atoms with E-state index in [2.05, 4.69) is 72.8 Å². The van der Waals surface area contributed by atoms with Crippen LogP contribution in [0.5, 0.6) is 17.2 Å². The van der Waals surface area contributed by atoms with Crippen molar-refractivity contribution < 1.29 is 33.2 Å². The van der Waals surface area contributed by atoms with Crippen molar-refractivity contribution >= 4 is 0 Å². The van der Waals surface area contributed by atoms with E-state index in [4.69, 9.17) is 33.2 Å². The molecule has 3 aromatic rings. The molecule has 0 aromatic heterocycles. The number of methoxy groups -OCH3 is 2. The number of hydrogen-bond acceptors (Lipinski definition) is 7. The van der Waals surface area contributed by atoms with Gasteiger partial charge >= 0.3 is 0 Å². The van der Waals surface area contributed by atoms with E-state index >= 15 is 0 Å². The molecule has 238 valence electrons. The molecule has 3 aromatic carbocycles. The smallest absolute Gasteiger partial charge is 0.126 e. The van der Waals surface area contributed by atoms with Gasteiger partial charge in [0.1, 0.15) is 23.9 Å². The van der Waals surface area contributed by atoms with Gasteiger partial charge in [-0.1, -0.05) is 72.8 Å². The lowest BCUT2D eigenvalue weighted by Gasteiger charge is -2.31. The predicted octanol–water partition coefficient (Wildman–Crippen LogP) is 5.92. The van der Waals surface area contributed by atoms with E-state index in [1.165, 1.54) is 5.57 Å². The van der Waals surface area contributed by atoms with Crippen molar-refractivity contribution in [2.45, 2.75) is 31.8 Å². The topological polar surface area (TPSA) is 64.6 Å². The Bertz CT molecular complexity index is 1490. The fraction of sp³-hybridized carbons (Fsp3) is 0.421. The quantitative estimate of drug-likeness (QED) is 0.356. The van der Waals surface area contributed by atoms with Crippen LogP contribution in [0, 0.1) is 5.92 Å². The number of ether oxygens (including phenoxy) is 7.